The average Bonchev–Trinajstić information content (AvgIpc) is 3.31. The highest BCUT2D eigenvalue weighted by Crippen LogP contribution is 2.44. The van der Waals surface area contributed by atoms with E-state index in [2.05, 4.69) is 22.8 Å². The van der Waals surface area contributed by atoms with Crippen molar-refractivity contribution in [2.45, 2.75) is 64.3 Å². The molecule has 4 atom stereocenters. The van der Waals surface area contributed by atoms with Crippen molar-refractivity contribution in [2.24, 2.45) is 5.92 Å². The van der Waals surface area contributed by atoms with Gasteiger partial charge >= 0.3 is 12.1 Å². The molecule has 0 bridgehead atoms. The Morgan fingerprint density at radius 1 is 0.854 bits per heavy atom. The van der Waals surface area contributed by atoms with Crippen LogP contribution in [0.1, 0.15) is 56.2 Å². The first-order valence-corrected chi connectivity index (χ1v) is 14.1. The van der Waals surface area contributed by atoms with Crippen LogP contribution in [0.3, 0.4) is 0 Å². The molecule has 0 aliphatic heterocycles. The normalized spacial score (nSPS) is 15.1. The Bertz CT molecular complexity index is 1300. The SMILES string of the molecule is CCC(C)CC(NC(=O)OCC1c2ccccc2-c2ccccc21)C(=O)N[C@H](C(=O)O)[C@@H](C)OCc1ccccc1. The highest BCUT2D eigenvalue weighted by atomic mass is 16.5. The van der Waals surface area contributed by atoms with Crippen LogP contribution in [0.25, 0.3) is 11.1 Å². The van der Waals surface area contributed by atoms with Crippen LogP contribution >= 0.6 is 0 Å². The summed E-state index contributed by atoms with van der Waals surface area (Å²) in [6, 6.07) is 23.2. The van der Waals surface area contributed by atoms with E-state index >= 15 is 0 Å². The minimum absolute atomic E-state index is 0.106. The first kappa shape index (κ1) is 29.8. The van der Waals surface area contributed by atoms with Crippen LogP contribution in [0.15, 0.2) is 78.9 Å². The molecule has 4 rings (SSSR count). The molecular weight excluding hydrogens is 520 g/mol. The van der Waals surface area contributed by atoms with Crippen molar-refractivity contribution in [2.75, 3.05) is 6.61 Å². The molecule has 0 saturated carbocycles. The van der Waals surface area contributed by atoms with E-state index < -0.39 is 36.2 Å². The molecule has 2 unspecified atom stereocenters. The van der Waals surface area contributed by atoms with Crippen LogP contribution in [0.4, 0.5) is 4.79 Å². The Morgan fingerprint density at radius 3 is 2.02 bits per heavy atom. The quantitative estimate of drug-likeness (QED) is 0.255. The molecule has 1 aliphatic carbocycles. The van der Waals surface area contributed by atoms with Gasteiger partial charge in [0.1, 0.15) is 12.6 Å². The molecule has 0 aromatic heterocycles. The van der Waals surface area contributed by atoms with Crippen molar-refractivity contribution in [3.8, 4) is 11.1 Å². The van der Waals surface area contributed by atoms with Crippen molar-refractivity contribution in [1.82, 2.24) is 10.6 Å². The molecule has 0 radical (unpaired) electrons. The summed E-state index contributed by atoms with van der Waals surface area (Å²) in [5.74, 6) is -1.83. The number of carboxylic acid groups (broad SMARTS) is 1. The number of alkyl carbamates (subject to hydrolysis) is 1. The second-order valence-electron chi connectivity index (χ2n) is 10.6. The van der Waals surface area contributed by atoms with Gasteiger partial charge in [0.15, 0.2) is 6.04 Å². The molecule has 8 heteroatoms. The number of amides is 2. The molecular formula is C33H38N2O6. The van der Waals surface area contributed by atoms with Crippen LogP contribution in [0.2, 0.25) is 0 Å². The molecule has 216 valence electrons. The number of hydrogen-bond donors (Lipinski definition) is 3. The van der Waals surface area contributed by atoms with Gasteiger partial charge < -0.3 is 25.2 Å². The zero-order valence-corrected chi connectivity index (χ0v) is 23.7. The smallest absolute Gasteiger partial charge is 0.407 e. The number of carbonyl (C=O) groups is 3. The van der Waals surface area contributed by atoms with Gasteiger partial charge in [0.25, 0.3) is 0 Å². The van der Waals surface area contributed by atoms with Gasteiger partial charge in [0.2, 0.25) is 5.91 Å². The van der Waals surface area contributed by atoms with Gasteiger partial charge in [-0.25, -0.2) is 9.59 Å². The van der Waals surface area contributed by atoms with Crippen molar-refractivity contribution in [1.29, 1.82) is 0 Å². The Kier molecular flexibility index (Phi) is 10.1. The van der Waals surface area contributed by atoms with Crippen LogP contribution in [0.5, 0.6) is 0 Å². The molecule has 0 spiro atoms. The van der Waals surface area contributed by atoms with E-state index in [0.29, 0.717) is 6.42 Å². The maximum atomic E-state index is 13.3. The van der Waals surface area contributed by atoms with Gasteiger partial charge in [-0.3, -0.25) is 4.79 Å². The number of aliphatic carboxylic acids is 1. The first-order valence-electron chi connectivity index (χ1n) is 14.1. The van der Waals surface area contributed by atoms with Crippen molar-refractivity contribution >= 4 is 18.0 Å². The summed E-state index contributed by atoms with van der Waals surface area (Å²) in [6.07, 6.45) is -0.418. The number of rotatable bonds is 13. The molecule has 1 aliphatic rings. The van der Waals surface area contributed by atoms with E-state index in [1.807, 2.05) is 80.6 Å². The topological polar surface area (TPSA) is 114 Å². The summed E-state index contributed by atoms with van der Waals surface area (Å²) in [7, 11) is 0. The lowest BCUT2D eigenvalue weighted by Crippen LogP contribution is -2.55. The highest BCUT2D eigenvalue weighted by Gasteiger charge is 2.33. The largest absolute Gasteiger partial charge is 0.480 e. The Labute approximate surface area is 241 Å². The van der Waals surface area contributed by atoms with Crippen molar-refractivity contribution < 1.29 is 29.0 Å². The fraction of sp³-hybridized carbons (Fsp3) is 0.364. The van der Waals surface area contributed by atoms with Crippen LogP contribution in [0, 0.1) is 5.92 Å². The molecule has 0 fully saturated rings. The second-order valence-corrected chi connectivity index (χ2v) is 10.6. The third kappa shape index (κ3) is 7.52. The molecule has 3 aromatic carbocycles. The van der Waals surface area contributed by atoms with Gasteiger partial charge in [-0.2, -0.15) is 0 Å². The van der Waals surface area contributed by atoms with E-state index in [9.17, 15) is 19.5 Å². The summed E-state index contributed by atoms with van der Waals surface area (Å²) in [6.45, 7) is 5.88. The zero-order chi connectivity index (χ0) is 29.4. The fourth-order valence-corrected chi connectivity index (χ4v) is 5.11. The van der Waals surface area contributed by atoms with Gasteiger partial charge in [-0.05, 0) is 47.1 Å². The summed E-state index contributed by atoms with van der Waals surface area (Å²) in [5, 5.41) is 15.1. The fourth-order valence-electron chi connectivity index (χ4n) is 5.11. The summed E-state index contributed by atoms with van der Waals surface area (Å²) >= 11 is 0. The van der Waals surface area contributed by atoms with Crippen LogP contribution in [-0.4, -0.2) is 47.9 Å². The van der Waals surface area contributed by atoms with Crippen molar-refractivity contribution in [3.05, 3.63) is 95.6 Å². The molecule has 3 aromatic rings. The maximum absolute atomic E-state index is 13.3. The van der Waals surface area contributed by atoms with Gasteiger partial charge in [-0.1, -0.05) is 99.1 Å². The predicted molar refractivity (Wildman–Crippen MR) is 156 cm³/mol. The van der Waals surface area contributed by atoms with E-state index in [1.165, 1.54) is 0 Å². The molecule has 3 N–H and O–H groups in total. The third-order valence-corrected chi connectivity index (χ3v) is 7.68. The number of benzene rings is 3. The molecule has 0 heterocycles. The van der Waals surface area contributed by atoms with Gasteiger partial charge in [-0.15, -0.1) is 0 Å². The lowest BCUT2D eigenvalue weighted by molar-refractivity contribution is -0.146. The number of carbonyl (C=O) groups excluding carboxylic acids is 2. The van der Waals surface area contributed by atoms with Crippen LogP contribution in [-0.2, 0) is 25.7 Å². The molecule has 8 nitrogen and oxygen atoms in total. The number of ether oxygens (including phenoxy) is 2. The first-order chi connectivity index (χ1) is 19.8. The van der Waals surface area contributed by atoms with Crippen LogP contribution < -0.4 is 10.6 Å². The van der Waals surface area contributed by atoms with E-state index in [0.717, 1.165) is 34.2 Å². The third-order valence-electron chi connectivity index (χ3n) is 7.68. The second kappa shape index (κ2) is 13.9. The lowest BCUT2D eigenvalue weighted by Gasteiger charge is -2.26. The maximum Gasteiger partial charge on any atom is 0.407 e. The Morgan fingerprint density at radius 2 is 1.44 bits per heavy atom. The number of carboxylic acids is 1. The summed E-state index contributed by atoms with van der Waals surface area (Å²) < 4.78 is 11.4. The minimum atomic E-state index is -1.30. The standard InChI is InChI=1S/C33H38N2O6/c1-4-21(2)18-29(31(36)35-30(32(37)38)22(3)40-19-23-12-6-5-7-13-23)34-33(39)41-20-28-26-16-10-8-14-24(26)25-15-9-11-17-27(25)28/h5-17,21-22,28-30H,4,18-20H2,1-3H3,(H,34,39)(H,35,36)(H,37,38)/t21?,22-,29?,30+/m1/s1. The molecule has 0 saturated heterocycles. The summed E-state index contributed by atoms with van der Waals surface area (Å²) in [4.78, 5) is 38.3. The average molecular weight is 559 g/mol. The highest BCUT2D eigenvalue weighted by molar-refractivity contribution is 5.89. The minimum Gasteiger partial charge on any atom is -0.480 e. The number of fused-ring (bicyclic) bond motifs is 3. The van der Waals surface area contributed by atoms with E-state index in [4.69, 9.17) is 9.47 Å². The lowest BCUT2D eigenvalue weighted by atomic mass is 9.98. The monoisotopic (exact) mass is 558 g/mol. The Balaban J connectivity index is 1.40. The zero-order valence-electron chi connectivity index (χ0n) is 23.7. The van der Waals surface area contributed by atoms with Gasteiger partial charge in [0.05, 0.1) is 12.7 Å². The number of nitrogens with one attached hydrogen (secondary N) is 2. The van der Waals surface area contributed by atoms with E-state index in [1.54, 1.807) is 6.92 Å². The Hall–Kier alpha value is -4.17. The molecule has 41 heavy (non-hydrogen) atoms. The predicted octanol–water partition coefficient (Wildman–Crippen LogP) is 5.50. The number of hydrogen-bond acceptors (Lipinski definition) is 5. The van der Waals surface area contributed by atoms with Gasteiger partial charge in [0, 0.05) is 5.92 Å². The molecule has 2 amide bonds. The van der Waals surface area contributed by atoms with Crippen molar-refractivity contribution in [3.63, 3.8) is 0 Å². The van der Waals surface area contributed by atoms with E-state index in [-0.39, 0.29) is 25.0 Å². The summed E-state index contributed by atoms with van der Waals surface area (Å²) in [5.41, 5.74) is 5.30.